The number of nitrogens with zero attached hydrogens (tertiary/aromatic N) is 2. The van der Waals surface area contributed by atoms with E-state index in [4.69, 9.17) is 0 Å². The van der Waals surface area contributed by atoms with Gasteiger partial charge in [-0.3, -0.25) is 0 Å². The first-order chi connectivity index (χ1) is 7.40. The summed E-state index contributed by atoms with van der Waals surface area (Å²) in [5, 5.41) is 6.51. The highest BCUT2D eigenvalue weighted by atomic mass is 32.1. The fourth-order valence-corrected chi connectivity index (χ4v) is 2.11. The summed E-state index contributed by atoms with van der Waals surface area (Å²) in [5.41, 5.74) is 1.31. The second kappa shape index (κ2) is 5.09. The Hall–Kier alpha value is -1.13. The summed E-state index contributed by atoms with van der Waals surface area (Å²) in [4.78, 5) is 4.29. The van der Waals surface area contributed by atoms with Gasteiger partial charge in [-0.15, -0.1) is 11.3 Å². The van der Waals surface area contributed by atoms with Crippen LogP contribution < -0.4 is 5.32 Å². The van der Waals surface area contributed by atoms with Gasteiger partial charge < -0.3 is 9.88 Å². The maximum absolute atomic E-state index is 4.29. The molecule has 0 bridgehead atoms. The molecule has 0 aromatic carbocycles. The van der Waals surface area contributed by atoms with Gasteiger partial charge in [-0.1, -0.05) is 6.92 Å². The Morgan fingerprint density at radius 2 is 2.47 bits per heavy atom. The molecular formula is C11H15N3S. The molecule has 0 unspecified atom stereocenters. The van der Waals surface area contributed by atoms with Crippen LogP contribution in [0.4, 0.5) is 0 Å². The molecule has 80 valence electrons. The molecule has 4 heteroatoms. The highest BCUT2D eigenvalue weighted by molar-refractivity contribution is 7.09. The van der Waals surface area contributed by atoms with E-state index in [1.54, 1.807) is 11.3 Å². The van der Waals surface area contributed by atoms with Gasteiger partial charge in [0.1, 0.15) is 5.01 Å². The van der Waals surface area contributed by atoms with Crippen LogP contribution in [0.15, 0.2) is 29.9 Å². The van der Waals surface area contributed by atoms with Crippen LogP contribution >= 0.6 is 11.3 Å². The molecule has 3 nitrogen and oxygen atoms in total. The predicted molar refractivity (Wildman–Crippen MR) is 63.0 cm³/mol. The van der Waals surface area contributed by atoms with Gasteiger partial charge in [0.25, 0.3) is 0 Å². The van der Waals surface area contributed by atoms with E-state index >= 15 is 0 Å². The van der Waals surface area contributed by atoms with E-state index < -0.39 is 0 Å². The van der Waals surface area contributed by atoms with Crippen molar-refractivity contribution in [2.75, 3.05) is 6.54 Å². The molecule has 2 heterocycles. The fourth-order valence-electron chi connectivity index (χ4n) is 1.49. The molecule has 0 saturated carbocycles. The van der Waals surface area contributed by atoms with Crippen molar-refractivity contribution in [3.63, 3.8) is 0 Å². The van der Waals surface area contributed by atoms with Gasteiger partial charge in [0.05, 0.1) is 6.54 Å². The molecule has 0 aliphatic carbocycles. The molecule has 0 spiro atoms. The van der Waals surface area contributed by atoms with Crippen molar-refractivity contribution in [3.8, 4) is 0 Å². The molecule has 0 amide bonds. The summed E-state index contributed by atoms with van der Waals surface area (Å²) >= 11 is 1.70. The van der Waals surface area contributed by atoms with Gasteiger partial charge in [-0.05, 0) is 18.7 Å². The second-order valence-corrected chi connectivity index (χ2v) is 4.31. The normalized spacial score (nSPS) is 10.7. The molecule has 2 aromatic rings. The first-order valence-corrected chi connectivity index (χ1v) is 6.01. The number of hydrogen-bond donors (Lipinski definition) is 1. The van der Waals surface area contributed by atoms with Crippen LogP contribution in [0, 0.1) is 0 Å². The topological polar surface area (TPSA) is 29.9 Å². The summed E-state index contributed by atoms with van der Waals surface area (Å²) in [7, 11) is 0. The van der Waals surface area contributed by atoms with E-state index in [0.717, 1.165) is 24.6 Å². The molecule has 1 N–H and O–H groups in total. The first kappa shape index (κ1) is 10.4. The van der Waals surface area contributed by atoms with Crippen molar-refractivity contribution >= 4 is 11.3 Å². The van der Waals surface area contributed by atoms with Crippen molar-refractivity contribution < 1.29 is 0 Å². The van der Waals surface area contributed by atoms with Crippen LogP contribution in [0.1, 0.15) is 17.6 Å². The Balaban J connectivity index is 2.04. The summed E-state index contributed by atoms with van der Waals surface area (Å²) in [6.07, 6.45) is 3.96. The third-order valence-electron chi connectivity index (χ3n) is 2.27. The third-order valence-corrected chi connectivity index (χ3v) is 3.03. The standard InChI is InChI=1S/C11H15N3S/c1-2-12-8-10-4-3-6-14(10)9-11-13-5-7-15-11/h3-7,12H,2,8-9H2,1H3. The zero-order valence-corrected chi connectivity index (χ0v) is 9.63. The number of nitrogens with one attached hydrogen (secondary N) is 1. The summed E-state index contributed by atoms with van der Waals surface area (Å²) in [6, 6.07) is 4.23. The van der Waals surface area contributed by atoms with E-state index in [0.29, 0.717) is 0 Å². The van der Waals surface area contributed by atoms with Gasteiger partial charge in [-0.2, -0.15) is 0 Å². The van der Waals surface area contributed by atoms with Gasteiger partial charge >= 0.3 is 0 Å². The molecule has 0 aliphatic rings. The molecule has 0 fully saturated rings. The van der Waals surface area contributed by atoms with Crippen LogP contribution in [0.25, 0.3) is 0 Å². The Kier molecular flexibility index (Phi) is 3.53. The van der Waals surface area contributed by atoms with Crippen LogP contribution in [0.5, 0.6) is 0 Å². The van der Waals surface area contributed by atoms with E-state index in [2.05, 4.69) is 40.1 Å². The zero-order chi connectivity index (χ0) is 10.5. The lowest BCUT2D eigenvalue weighted by molar-refractivity contribution is 0.656. The van der Waals surface area contributed by atoms with Crippen LogP contribution in [-0.4, -0.2) is 16.1 Å². The molecule has 15 heavy (non-hydrogen) atoms. The van der Waals surface area contributed by atoms with Gasteiger partial charge in [-0.25, -0.2) is 4.98 Å². The van der Waals surface area contributed by atoms with E-state index in [1.807, 2.05) is 11.6 Å². The van der Waals surface area contributed by atoms with Gasteiger partial charge in [0.15, 0.2) is 0 Å². The van der Waals surface area contributed by atoms with Crippen molar-refractivity contribution in [1.29, 1.82) is 0 Å². The maximum atomic E-state index is 4.29. The van der Waals surface area contributed by atoms with Crippen molar-refractivity contribution in [1.82, 2.24) is 14.9 Å². The Morgan fingerprint density at radius 1 is 1.53 bits per heavy atom. The van der Waals surface area contributed by atoms with Crippen LogP contribution in [-0.2, 0) is 13.1 Å². The summed E-state index contributed by atoms with van der Waals surface area (Å²) < 4.78 is 2.24. The lowest BCUT2D eigenvalue weighted by atomic mass is 10.4. The molecular weight excluding hydrogens is 206 g/mol. The van der Waals surface area contributed by atoms with Crippen molar-refractivity contribution in [2.24, 2.45) is 0 Å². The number of thiazole rings is 1. The molecule has 0 radical (unpaired) electrons. The maximum Gasteiger partial charge on any atom is 0.112 e. The largest absolute Gasteiger partial charge is 0.343 e. The Morgan fingerprint density at radius 3 is 3.20 bits per heavy atom. The van der Waals surface area contributed by atoms with Gasteiger partial charge in [0, 0.05) is 30.0 Å². The molecule has 2 aromatic heterocycles. The number of hydrogen-bond acceptors (Lipinski definition) is 3. The third kappa shape index (κ3) is 2.67. The Labute approximate surface area is 93.8 Å². The highest BCUT2D eigenvalue weighted by Gasteiger charge is 2.02. The number of rotatable bonds is 5. The number of aromatic nitrogens is 2. The highest BCUT2D eigenvalue weighted by Crippen LogP contribution is 2.09. The fraction of sp³-hybridized carbons (Fsp3) is 0.364. The smallest absolute Gasteiger partial charge is 0.112 e. The average Bonchev–Trinajstić information content (AvgIpc) is 2.87. The predicted octanol–water partition coefficient (Wildman–Crippen LogP) is 2.10. The van der Waals surface area contributed by atoms with Gasteiger partial charge in [0.2, 0.25) is 0 Å². The minimum Gasteiger partial charge on any atom is -0.343 e. The van der Waals surface area contributed by atoms with Crippen LogP contribution in [0.2, 0.25) is 0 Å². The van der Waals surface area contributed by atoms with E-state index in [-0.39, 0.29) is 0 Å². The van der Waals surface area contributed by atoms with E-state index in [9.17, 15) is 0 Å². The minimum absolute atomic E-state index is 0.880. The molecule has 0 saturated heterocycles. The van der Waals surface area contributed by atoms with Crippen LogP contribution in [0.3, 0.4) is 0 Å². The zero-order valence-electron chi connectivity index (χ0n) is 8.81. The molecule has 2 rings (SSSR count). The average molecular weight is 221 g/mol. The summed E-state index contributed by atoms with van der Waals surface area (Å²) in [6.45, 7) is 4.93. The molecule has 0 atom stereocenters. The Bertz CT molecular complexity index is 392. The lowest BCUT2D eigenvalue weighted by Crippen LogP contribution is -2.15. The lowest BCUT2D eigenvalue weighted by Gasteiger charge is -2.07. The van der Waals surface area contributed by atoms with E-state index in [1.165, 1.54) is 5.69 Å². The molecule has 0 aliphatic heterocycles. The monoisotopic (exact) mass is 221 g/mol. The first-order valence-electron chi connectivity index (χ1n) is 5.13. The minimum atomic E-state index is 0.880. The SMILES string of the molecule is CCNCc1cccn1Cc1nccs1. The van der Waals surface area contributed by atoms with Crippen molar-refractivity contribution in [2.45, 2.75) is 20.0 Å². The van der Waals surface area contributed by atoms with Crippen molar-refractivity contribution in [3.05, 3.63) is 40.6 Å². The second-order valence-electron chi connectivity index (χ2n) is 3.33. The summed E-state index contributed by atoms with van der Waals surface area (Å²) in [5.74, 6) is 0. The quantitative estimate of drug-likeness (QED) is 0.838.